The summed E-state index contributed by atoms with van der Waals surface area (Å²) in [5.74, 6) is 1.51. The number of methoxy groups -OCH3 is 1. The predicted octanol–water partition coefficient (Wildman–Crippen LogP) is 5.37. The quantitative estimate of drug-likeness (QED) is 0.215. The minimum atomic E-state index is -0.237. The molecule has 5 rings (SSSR count). The molecule has 0 radical (unpaired) electrons. The second-order valence-electron chi connectivity index (χ2n) is 7.62. The second-order valence-corrected chi connectivity index (χ2v) is 9.59. The van der Waals surface area contributed by atoms with Crippen LogP contribution in [0.5, 0.6) is 5.75 Å². The minimum Gasteiger partial charge on any atom is -0.497 e. The Hall–Kier alpha value is -2.71. The van der Waals surface area contributed by atoms with Gasteiger partial charge in [0.15, 0.2) is 0 Å². The van der Waals surface area contributed by atoms with E-state index in [-0.39, 0.29) is 11.7 Å². The Balaban J connectivity index is 1.73. The van der Waals surface area contributed by atoms with Crippen molar-refractivity contribution in [3.8, 4) is 16.9 Å². The first-order chi connectivity index (χ1) is 15.6. The van der Waals surface area contributed by atoms with Crippen molar-refractivity contribution in [2.24, 2.45) is 0 Å². The van der Waals surface area contributed by atoms with Crippen LogP contribution in [0.3, 0.4) is 0 Å². The van der Waals surface area contributed by atoms with Crippen molar-refractivity contribution >= 4 is 49.5 Å². The lowest BCUT2D eigenvalue weighted by atomic mass is 9.96. The molecule has 0 unspecified atom stereocenters. The van der Waals surface area contributed by atoms with Gasteiger partial charge in [-0.3, -0.25) is 4.79 Å². The lowest BCUT2D eigenvalue weighted by Crippen LogP contribution is -2.06. The van der Waals surface area contributed by atoms with Gasteiger partial charge >= 0.3 is 5.97 Å². The Labute approximate surface area is 194 Å². The number of pyridine rings is 1. The van der Waals surface area contributed by atoms with E-state index in [2.05, 4.69) is 17.1 Å². The Morgan fingerprint density at radius 3 is 2.72 bits per heavy atom. The van der Waals surface area contributed by atoms with Gasteiger partial charge in [-0.15, -0.1) is 11.3 Å². The third-order valence-electron chi connectivity index (χ3n) is 5.58. The van der Waals surface area contributed by atoms with Crippen molar-refractivity contribution in [2.45, 2.75) is 38.1 Å². The highest BCUT2D eigenvalue weighted by Gasteiger charge is 2.25. The van der Waals surface area contributed by atoms with Crippen molar-refractivity contribution in [1.29, 1.82) is 0 Å². The van der Waals surface area contributed by atoms with Gasteiger partial charge in [0, 0.05) is 11.1 Å². The van der Waals surface area contributed by atoms with Crippen LogP contribution in [0.15, 0.2) is 29.3 Å². The smallest absolute Gasteiger partial charge is 0.316 e. The van der Waals surface area contributed by atoms with Crippen LogP contribution < -0.4 is 4.74 Å². The van der Waals surface area contributed by atoms with Crippen LogP contribution in [0, 0.1) is 6.92 Å². The average Bonchev–Trinajstić information content (AvgIpc) is 3.40. The monoisotopic (exact) mass is 465 g/mol. The number of esters is 1. The number of carbonyl (C=O) groups excluding carboxylic acids is 1. The molecule has 0 spiro atoms. The zero-order valence-corrected chi connectivity index (χ0v) is 19.9. The van der Waals surface area contributed by atoms with Crippen molar-refractivity contribution in [1.82, 2.24) is 15.0 Å². The molecule has 8 heteroatoms. The predicted molar refractivity (Wildman–Crippen MR) is 129 cm³/mol. The highest BCUT2D eigenvalue weighted by atomic mass is 32.2. The first-order valence-electron chi connectivity index (χ1n) is 10.6. The number of hydrogen-bond donors (Lipinski definition) is 0. The lowest BCUT2D eigenvalue weighted by Gasteiger charge is -2.12. The number of benzene rings is 1. The van der Waals surface area contributed by atoms with Crippen LogP contribution in [0.1, 0.15) is 30.4 Å². The molecular weight excluding hydrogens is 442 g/mol. The molecule has 0 aliphatic heterocycles. The van der Waals surface area contributed by atoms with Crippen LogP contribution in [-0.2, 0) is 22.4 Å². The maximum Gasteiger partial charge on any atom is 0.316 e. The molecule has 0 saturated carbocycles. The Morgan fingerprint density at radius 1 is 1.16 bits per heavy atom. The van der Waals surface area contributed by atoms with E-state index in [1.165, 1.54) is 28.6 Å². The standard InChI is InChI=1S/C24H23N3O3S2/c1-4-30-18(28)12-31-24-22-21(25-13(2)26-24)20-19(14-8-10-15(29-3)11-9-14)16-6-5-7-17(16)27-23(20)32-22/h8-11H,4-7,12H2,1-3H3. The second kappa shape index (κ2) is 8.67. The minimum absolute atomic E-state index is 0.225. The molecule has 1 aliphatic rings. The van der Waals surface area contributed by atoms with Crippen molar-refractivity contribution in [3.05, 3.63) is 41.3 Å². The van der Waals surface area contributed by atoms with Gasteiger partial charge in [0.2, 0.25) is 0 Å². The SMILES string of the molecule is CCOC(=O)CSc1nc(C)nc2c1sc1nc3c(c(-c4ccc(OC)cc4)c12)CCC3. The molecule has 1 aromatic carbocycles. The molecule has 1 aliphatic carbocycles. The molecule has 6 nitrogen and oxygen atoms in total. The summed E-state index contributed by atoms with van der Waals surface area (Å²) in [6.45, 7) is 4.08. The fourth-order valence-corrected chi connectivity index (χ4v) is 6.34. The molecule has 0 fully saturated rings. The summed E-state index contributed by atoms with van der Waals surface area (Å²) in [5.41, 5.74) is 5.78. The van der Waals surface area contributed by atoms with Crippen molar-refractivity contribution in [2.75, 3.05) is 19.5 Å². The van der Waals surface area contributed by atoms with E-state index in [0.29, 0.717) is 12.4 Å². The van der Waals surface area contributed by atoms with Gasteiger partial charge in [-0.1, -0.05) is 23.9 Å². The highest BCUT2D eigenvalue weighted by molar-refractivity contribution is 8.00. The fraction of sp³-hybridized carbons (Fsp3) is 0.333. The first-order valence-corrected chi connectivity index (χ1v) is 12.4. The molecule has 0 amide bonds. The van der Waals surface area contributed by atoms with Gasteiger partial charge in [-0.05, 0) is 61.9 Å². The summed E-state index contributed by atoms with van der Waals surface area (Å²) in [7, 11) is 1.68. The third-order valence-corrected chi connectivity index (χ3v) is 7.74. The number of nitrogens with zero attached hydrogens (tertiary/aromatic N) is 3. The summed E-state index contributed by atoms with van der Waals surface area (Å²) in [5, 5.41) is 1.89. The molecule has 0 atom stereocenters. The molecule has 0 bridgehead atoms. The number of ether oxygens (including phenoxy) is 2. The van der Waals surface area contributed by atoms with Crippen LogP contribution in [0.4, 0.5) is 0 Å². The van der Waals surface area contributed by atoms with Gasteiger partial charge < -0.3 is 9.47 Å². The number of thiophene rings is 1. The van der Waals surface area contributed by atoms with Gasteiger partial charge in [0.1, 0.15) is 21.4 Å². The number of aromatic nitrogens is 3. The van der Waals surface area contributed by atoms with E-state index in [0.717, 1.165) is 56.0 Å². The number of carbonyl (C=O) groups is 1. The molecule has 164 valence electrons. The van der Waals surface area contributed by atoms with Crippen LogP contribution >= 0.6 is 23.1 Å². The van der Waals surface area contributed by atoms with Gasteiger partial charge in [0.05, 0.1) is 29.7 Å². The molecule has 32 heavy (non-hydrogen) atoms. The zero-order chi connectivity index (χ0) is 22.2. The summed E-state index contributed by atoms with van der Waals surface area (Å²) in [6.07, 6.45) is 3.14. The van der Waals surface area contributed by atoms with Gasteiger partial charge in [-0.2, -0.15) is 0 Å². The molecular formula is C24H23N3O3S2. The number of rotatable bonds is 6. The molecule has 4 aromatic rings. The van der Waals surface area contributed by atoms with Crippen molar-refractivity contribution < 1.29 is 14.3 Å². The van der Waals surface area contributed by atoms with E-state index in [1.54, 1.807) is 18.4 Å². The summed E-state index contributed by atoms with van der Waals surface area (Å²) >= 11 is 3.01. The van der Waals surface area contributed by atoms with Gasteiger partial charge in [-0.25, -0.2) is 15.0 Å². The number of fused-ring (bicyclic) bond motifs is 4. The largest absolute Gasteiger partial charge is 0.497 e. The van der Waals surface area contributed by atoms with E-state index >= 15 is 0 Å². The fourth-order valence-electron chi connectivity index (χ4n) is 4.25. The normalized spacial score (nSPS) is 13.0. The van der Waals surface area contributed by atoms with Crippen LogP contribution in [0.25, 0.3) is 31.6 Å². The molecule has 3 aromatic heterocycles. The Morgan fingerprint density at radius 2 is 1.97 bits per heavy atom. The third kappa shape index (κ3) is 3.71. The number of hydrogen-bond acceptors (Lipinski definition) is 8. The maximum absolute atomic E-state index is 11.9. The summed E-state index contributed by atoms with van der Waals surface area (Å²) in [4.78, 5) is 27.4. The highest BCUT2D eigenvalue weighted by Crippen LogP contribution is 2.45. The topological polar surface area (TPSA) is 74.2 Å². The lowest BCUT2D eigenvalue weighted by molar-refractivity contribution is -0.139. The Bertz CT molecular complexity index is 1330. The van der Waals surface area contributed by atoms with E-state index in [9.17, 15) is 4.79 Å². The van der Waals surface area contributed by atoms with E-state index in [1.807, 2.05) is 26.0 Å². The maximum atomic E-state index is 11.9. The van der Waals surface area contributed by atoms with E-state index in [4.69, 9.17) is 19.4 Å². The van der Waals surface area contributed by atoms with Crippen molar-refractivity contribution in [3.63, 3.8) is 0 Å². The summed E-state index contributed by atoms with van der Waals surface area (Å²) in [6, 6.07) is 8.22. The average molecular weight is 466 g/mol. The summed E-state index contributed by atoms with van der Waals surface area (Å²) < 4.78 is 11.4. The van der Waals surface area contributed by atoms with Crippen LogP contribution in [-0.4, -0.2) is 40.4 Å². The number of aryl methyl sites for hydroxylation is 2. The van der Waals surface area contributed by atoms with Crippen LogP contribution in [0.2, 0.25) is 0 Å². The Kier molecular flexibility index (Phi) is 5.73. The van der Waals surface area contributed by atoms with Gasteiger partial charge in [0.25, 0.3) is 0 Å². The number of thioether (sulfide) groups is 1. The molecule has 3 heterocycles. The first kappa shape index (κ1) is 21.2. The zero-order valence-electron chi connectivity index (χ0n) is 18.2. The molecule has 0 N–H and O–H groups in total. The molecule has 0 saturated heterocycles. The van der Waals surface area contributed by atoms with E-state index < -0.39 is 0 Å².